The third kappa shape index (κ3) is 4.50. The Morgan fingerprint density at radius 1 is 1.41 bits per heavy atom. The van der Waals surface area contributed by atoms with Crippen LogP contribution in [0.1, 0.15) is 0 Å². The monoisotopic (exact) mass is 385 g/mol. The van der Waals surface area contributed by atoms with Gasteiger partial charge in [-0.2, -0.15) is 0 Å². The molecular weight excluding hydrogens is 377 g/mol. The first-order chi connectivity index (χ1) is 10.5. The van der Waals surface area contributed by atoms with Crippen LogP contribution >= 0.6 is 27.7 Å². The van der Waals surface area contributed by atoms with E-state index >= 15 is 0 Å². The van der Waals surface area contributed by atoms with Gasteiger partial charge >= 0.3 is 0 Å². The van der Waals surface area contributed by atoms with Gasteiger partial charge in [0, 0.05) is 10.5 Å². The molecule has 0 aliphatic heterocycles. The second-order valence-electron chi connectivity index (χ2n) is 4.07. The molecule has 0 bridgehead atoms. The molecule has 1 heterocycles. The zero-order chi connectivity index (χ0) is 16.1. The molecule has 22 heavy (non-hydrogen) atoms. The first-order valence-electron chi connectivity index (χ1n) is 5.94. The third-order valence-electron chi connectivity index (χ3n) is 2.49. The molecule has 0 aliphatic carbocycles. The first kappa shape index (κ1) is 16.4. The van der Waals surface area contributed by atoms with Gasteiger partial charge in [0.1, 0.15) is 12.0 Å². The molecule has 1 amide bonds. The lowest BCUT2D eigenvalue weighted by molar-refractivity contribution is -0.385. The molecular formula is C13H9BrFN3O3S. The van der Waals surface area contributed by atoms with E-state index in [1.54, 1.807) is 6.07 Å². The van der Waals surface area contributed by atoms with E-state index in [1.807, 2.05) is 0 Å². The average molecular weight is 386 g/mol. The summed E-state index contributed by atoms with van der Waals surface area (Å²) in [4.78, 5) is 25.6. The quantitative estimate of drug-likeness (QED) is 0.482. The maximum atomic E-state index is 13.6. The van der Waals surface area contributed by atoms with E-state index in [0.717, 1.165) is 18.0 Å². The van der Waals surface area contributed by atoms with Crippen molar-refractivity contribution in [2.24, 2.45) is 0 Å². The van der Waals surface area contributed by atoms with Gasteiger partial charge in [0.05, 0.1) is 21.4 Å². The molecule has 0 radical (unpaired) electrons. The lowest BCUT2D eigenvalue weighted by atomic mass is 10.3. The van der Waals surface area contributed by atoms with Gasteiger partial charge in [-0.05, 0) is 24.3 Å². The summed E-state index contributed by atoms with van der Waals surface area (Å²) in [6, 6.07) is 7.08. The number of nitrogens with one attached hydrogen (secondary N) is 1. The number of carbonyl (C=O) groups excluding carboxylic acids is 1. The van der Waals surface area contributed by atoms with Gasteiger partial charge in [-0.3, -0.25) is 14.9 Å². The molecule has 1 aromatic carbocycles. The average Bonchev–Trinajstić information content (AvgIpc) is 2.48. The zero-order valence-corrected chi connectivity index (χ0v) is 13.4. The van der Waals surface area contributed by atoms with Crippen molar-refractivity contribution in [2.45, 2.75) is 5.03 Å². The number of amides is 1. The summed E-state index contributed by atoms with van der Waals surface area (Å²) in [5.74, 6) is -0.923. The number of hydrogen-bond donors (Lipinski definition) is 1. The van der Waals surface area contributed by atoms with Crippen LogP contribution in [-0.4, -0.2) is 21.6 Å². The SMILES string of the molecule is O=C(CSc1ccc([N+](=O)[O-])cn1)Nc1ccc(Br)cc1F. The standard InChI is InChI=1S/C13H9BrFN3O3S/c14-8-1-3-11(10(15)5-8)17-12(19)7-22-13-4-2-9(6-16-13)18(20)21/h1-6H,7H2,(H,17,19). The number of aromatic nitrogens is 1. The minimum atomic E-state index is -0.551. The molecule has 0 atom stereocenters. The molecule has 0 saturated heterocycles. The van der Waals surface area contributed by atoms with Crippen molar-refractivity contribution >= 4 is 45.0 Å². The fourth-order valence-corrected chi connectivity index (χ4v) is 2.46. The largest absolute Gasteiger partial charge is 0.323 e. The van der Waals surface area contributed by atoms with Crippen LogP contribution in [0, 0.1) is 15.9 Å². The third-order valence-corrected chi connectivity index (χ3v) is 3.92. The van der Waals surface area contributed by atoms with Crippen LogP contribution < -0.4 is 5.32 Å². The number of thioether (sulfide) groups is 1. The molecule has 0 aliphatic rings. The van der Waals surface area contributed by atoms with Gasteiger partial charge in [-0.25, -0.2) is 9.37 Å². The number of pyridine rings is 1. The molecule has 114 valence electrons. The second kappa shape index (κ2) is 7.32. The summed E-state index contributed by atoms with van der Waals surface area (Å²) in [6.07, 6.45) is 1.12. The number of benzene rings is 1. The van der Waals surface area contributed by atoms with Crippen molar-refractivity contribution in [1.29, 1.82) is 0 Å². The number of rotatable bonds is 5. The Kier molecular flexibility index (Phi) is 5.45. The van der Waals surface area contributed by atoms with Gasteiger partial charge in [-0.15, -0.1) is 0 Å². The lowest BCUT2D eigenvalue weighted by Crippen LogP contribution is -2.15. The van der Waals surface area contributed by atoms with Crippen molar-refractivity contribution in [3.05, 3.63) is 56.9 Å². The van der Waals surface area contributed by atoms with Crippen molar-refractivity contribution < 1.29 is 14.1 Å². The normalized spacial score (nSPS) is 10.3. The molecule has 6 nitrogen and oxygen atoms in total. The number of hydrogen-bond acceptors (Lipinski definition) is 5. The van der Waals surface area contributed by atoms with Crippen molar-refractivity contribution in [1.82, 2.24) is 4.98 Å². The highest BCUT2D eigenvalue weighted by molar-refractivity contribution is 9.10. The molecule has 0 unspecified atom stereocenters. The molecule has 1 aromatic heterocycles. The Hall–Kier alpha value is -2.00. The second-order valence-corrected chi connectivity index (χ2v) is 5.98. The molecule has 0 spiro atoms. The van der Waals surface area contributed by atoms with Crippen LogP contribution in [0.2, 0.25) is 0 Å². The molecule has 2 rings (SSSR count). The molecule has 2 aromatic rings. The van der Waals surface area contributed by atoms with Crippen molar-refractivity contribution in [3.63, 3.8) is 0 Å². The van der Waals surface area contributed by atoms with Gasteiger partial charge in [0.15, 0.2) is 0 Å². The van der Waals surface area contributed by atoms with Crippen molar-refractivity contribution in [2.75, 3.05) is 11.1 Å². The lowest BCUT2D eigenvalue weighted by Gasteiger charge is -2.06. The Morgan fingerprint density at radius 3 is 2.77 bits per heavy atom. The first-order valence-corrected chi connectivity index (χ1v) is 7.71. The Balaban J connectivity index is 1.91. The highest BCUT2D eigenvalue weighted by atomic mass is 79.9. The minimum Gasteiger partial charge on any atom is -0.323 e. The summed E-state index contributed by atoms with van der Waals surface area (Å²) in [5.41, 5.74) is -0.0313. The van der Waals surface area contributed by atoms with Crippen LogP contribution in [0.4, 0.5) is 15.8 Å². The molecule has 9 heteroatoms. The Labute approximate surface area is 137 Å². The van der Waals surface area contributed by atoms with Crippen molar-refractivity contribution in [3.8, 4) is 0 Å². The van der Waals surface area contributed by atoms with Gasteiger partial charge in [0.2, 0.25) is 5.91 Å². The summed E-state index contributed by atoms with van der Waals surface area (Å²) in [7, 11) is 0. The number of anilines is 1. The molecule has 0 saturated carbocycles. The topological polar surface area (TPSA) is 85.1 Å². The van der Waals surface area contributed by atoms with E-state index in [9.17, 15) is 19.3 Å². The van der Waals surface area contributed by atoms with E-state index in [4.69, 9.17) is 0 Å². The van der Waals surface area contributed by atoms with E-state index in [-0.39, 0.29) is 17.1 Å². The van der Waals surface area contributed by atoms with Gasteiger partial charge in [0.25, 0.3) is 5.69 Å². The van der Waals surface area contributed by atoms with Crippen LogP contribution in [0.25, 0.3) is 0 Å². The number of halogens is 2. The highest BCUT2D eigenvalue weighted by Crippen LogP contribution is 2.21. The fourth-order valence-electron chi connectivity index (χ4n) is 1.48. The van der Waals surface area contributed by atoms with Crippen LogP contribution in [0.15, 0.2) is 46.0 Å². The number of nitro groups is 1. The van der Waals surface area contributed by atoms with E-state index in [0.29, 0.717) is 9.50 Å². The molecule has 0 fully saturated rings. The fraction of sp³-hybridized carbons (Fsp3) is 0.0769. The van der Waals surface area contributed by atoms with Gasteiger partial charge in [-0.1, -0.05) is 27.7 Å². The summed E-state index contributed by atoms with van der Waals surface area (Å²) in [6.45, 7) is 0. The Morgan fingerprint density at radius 2 is 2.18 bits per heavy atom. The predicted octanol–water partition coefficient (Wildman–Crippen LogP) is 3.62. The van der Waals surface area contributed by atoms with Crippen LogP contribution in [-0.2, 0) is 4.79 Å². The smallest absolute Gasteiger partial charge is 0.287 e. The van der Waals surface area contributed by atoms with E-state index < -0.39 is 16.6 Å². The summed E-state index contributed by atoms with van der Waals surface area (Å²) >= 11 is 4.23. The predicted molar refractivity (Wildman–Crippen MR) is 84.3 cm³/mol. The molecule has 1 N–H and O–H groups in total. The van der Waals surface area contributed by atoms with E-state index in [1.165, 1.54) is 24.3 Å². The number of carbonyl (C=O) groups is 1. The zero-order valence-electron chi connectivity index (χ0n) is 11.0. The maximum absolute atomic E-state index is 13.6. The number of nitrogens with zero attached hydrogens (tertiary/aromatic N) is 2. The Bertz CT molecular complexity index is 712. The van der Waals surface area contributed by atoms with Crippen LogP contribution in [0.5, 0.6) is 0 Å². The summed E-state index contributed by atoms with van der Waals surface area (Å²) in [5, 5.41) is 13.4. The minimum absolute atomic E-state index is 0.0142. The highest BCUT2D eigenvalue weighted by Gasteiger charge is 2.10. The summed E-state index contributed by atoms with van der Waals surface area (Å²) < 4.78 is 14.1. The maximum Gasteiger partial charge on any atom is 0.287 e. The van der Waals surface area contributed by atoms with Crippen LogP contribution in [0.3, 0.4) is 0 Å². The van der Waals surface area contributed by atoms with Gasteiger partial charge < -0.3 is 5.32 Å². The van der Waals surface area contributed by atoms with E-state index in [2.05, 4.69) is 26.2 Å².